The molecule has 0 spiro atoms. The van der Waals surface area contributed by atoms with Gasteiger partial charge in [0.1, 0.15) is 5.75 Å². The molecule has 5 rings (SSSR count). The van der Waals surface area contributed by atoms with Crippen molar-refractivity contribution in [2.45, 2.75) is 69.7 Å². The SMILES string of the molecule is COc1ccc2c(c1)[C@@]13CCCC[C@H]1[C@@H](C2)N(CC1(C)CC1)CC3. The highest BCUT2D eigenvalue weighted by atomic mass is 16.5. The lowest BCUT2D eigenvalue weighted by molar-refractivity contribution is -0.0194. The van der Waals surface area contributed by atoms with E-state index in [1.54, 1.807) is 11.1 Å². The van der Waals surface area contributed by atoms with Gasteiger partial charge in [-0.1, -0.05) is 25.8 Å². The number of hydrogen-bond acceptors (Lipinski definition) is 2. The van der Waals surface area contributed by atoms with Gasteiger partial charge in [0.15, 0.2) is 0 Å². The third-order valence-electron chi connectivity index (χ3n) is 7.85. The quantitative estimate of drug-likeness (QED) is 0.808. The summed E-state index contributed by atoms with van der Waals surface area (Å²) in [4.78, 5) is 2.90. The summed E-state index contributed by atoms with van der Waals surface area (Å²) >= 11 is 0. The lowest BCUT2D eigenvalue weighted by Crippen LogP contribution is -2.61. The number of ether oxygens (including phenoxy) is 1. The average Bonchev–Trinajstić information content (AvgIpc) is 3.34. The highest BCUT2D eigenvalue weighted by molar-refractivity contribution is 5.45. The number of likely N-dealkylation sites (tertiary alicyclic amines) is 1. The minimum atomic E-state index is 0.450. The molecule has 2 nitrogen and oxygen atoms in total. The van der Waals surface area contributed by atoms with Crippen molar-refractivity contribution < 1.29 is 4.74 Å². The zero-order valence-corrected chi connectivity index (χ0v) is 15.3. The summed E-state index contributed by atoms with van der Waals surface area (Å²) in [5, 5.41) is 0. The first-order valence-electron chi connectivity index (χ1n) is 10.1. The first-order chi connectivity index (χ1) is 11.6. The van der Waals surface area contributed by atoms with Gasteiger partial charge in [-0.2, -0.15) is 0 Å². The molecule has 1 aliphatic heterocycles. The van der Waals surface area contributed by atoms with Gasteiger partial charge in [-0.15, -0.1) is 0 Å². The molecule has 0 aromatic heterocycles. The molecule has 24 heavy (non-hydrogen) atoms. The minimum Gasteiger partial charge on any atom is -0.497 e. The predicted octanol–water partition coefficient (Wildman–Crippen LogP) is 4.55. The lowest BCUT2D eigenvalue weighted by atomic mass is 9.52. The van der Waals surface area contributed by atoms with Crippen LogP contribution in [0.15, 0.2) is 18.2 Å². The van der Waals surface area contributed by atoms with Crippen LogP contribution in [0.25, 0.3) is 0 Å². The second-order valence-corrected chi connectivity index (χ2v) is 9.33. The van der Waals surface area contributed by atoms with E-state index < -0.39 is 0 Å². The summed E-state index contributed by atoms with van der Waals surface area (Å²) in [5.74, 6) is 1.93. The molecule has 2 saturated carbocycles. The van der Waals surface area contributed by atoms with E-state index in [4.69, 9.17) is 4.74 Å². The molecule has 1 saturated heterocycles. The Balaban J connectivity index is 1.56. The van der Waals surface area contributed by atoms with E-state index >= 15 is 0 Å². The van der Waals surface area contributed by atoms with Gasteiger partial charge in [0.25, 0.3) is 0 Å². The number of piperidine rings is 1. The third-order valence-corrected chi connectivity index (χ3v) is 7.85. The summed E-state index contributed by atoms with van der Waals surface area (Å²) in [6.07, 6.45) is 11.2. The second-order valence-electron chi connectivity index (χ2n) is 9.33. The maximum atomic E-state index is 5.58. The van der Waals surface area contributed by atoms with Crippen LogP contribution in [0.3, 0.4) is 0 Å². The number of rotatable bonds is 3. The van der Waals surface area contributed by atoms with Crippen molar-refractivity contribution in [2.75, 3.05) is 20.2 Å². The summed E-state index contributed by atoms with van der Waals surface area (Å²) in [7, 11) is 1.81. The van der Waals surface area contributed by atoms with Crippen molar-refractivity contribution in [1.29, 1.82) is 0 Å². The molecule has 3 aliphatic carbocycles. The maximum absolute atomic E-state index is 5.58. The fourth-order valence-electron chi connectivity index (χ4n) is 6.25. The molecule has 0 amide bonds. The molecular weight excluding hydrogens is 294 g/mol. The van der Waals surface area contributed by atoms with Crippen molar-refractivity contribution in [3.05, 3.63) is 29.3 Å². The Labute approximate surface area is 146 Å². The first-order valence-corrected chi connectivity index (χ1v) is 10.1. The normalized spacial score (nSPS) is 36.6. The Bertz CT molecular complexity index is 649. The third kappa shape index (κ3) is 2.18. The van der Waals surface area contributed by atoms with Crippen molar-refractivity contribution in [1.82, 2.24) is 4.90 Å². The van der Waals surface area contributed by atoms with E-state index in [9.17, 15) is 0 Å². The van der Waals surface area contributed by atoms with E-state index in [1.165, 1.54) is 64.5 Å². The van der Waals surface area contributed by atoms with E-state index in [0.717, 1.165) is 17.7 Å². The average molecular weight is 325 g/mol. The van der Waals surface area contributed by atoms with Gasteiger partial charge < -0.3 is 4.74 Å². The molecular formula is C22H31NO. The highest BCUT2D eigenvalue weighted by Gasteiger charge is 2.55. The van der Waals surface area contributed by atoms with Gasteiger partial charge in [0.2, 0.25) is 0 Å². The molecule has 3 fully saturated rings. The van der Waals surface area contributed by atoms with Crippen molar-refractivity contribution >= 4 is 0 Å². The van der Waals surface area contributed by atoms with Crippen LogP contribution in [0, 0.1) is 11.3 Å². The van der Waals surface area contributed by atoms with Crippen LogP contribution in [-0.2, 0) is 11.8 Å². The highest BCUT2D eigenvalue weighted by Crippen LogP contribution is 2.57. The second kappa shape index (κ2) is 5.24. The summed E-state index contributed by atoms with van der Waals surface area (Å²) in [6, 6.07) is 7.73. The number of nitrogens with zero attached hydrogens (tertiary/aromatic N) is 1. The van der Waals surface area contributed by atoms with Crippen molar-refractivity contribution in [3.63, 3.8) is 0 Å². The fraction of sp³-hybridized carbons (Fsp3) is 0.727. The standard InChI is InChI=1S/C22H31NO/c1-21(9-10-21)15-23-12-11-22-8-4-3-5-18(22)20(23)13-16-6-7-17(24-2)14-19(16)22/h6-7,14,18,20H,3-5,8-13,15H2,1-2H3/t18-,20+,22+/m0/s1. The Morgan fingerprint density at radius 1 is 1.17 bits per heavy atom. The van der Waals surface area contributed by atoms with Gasteiger partial charge in [-0.05, 0) is 79.7 Å². The molecule has 0 unspecified atom stereocenters. The van der Waals surface area contributed by atoms with Crippen LogP contribution in [0.2, 0.25) is 0 Å². The van der Waals surface area contributed by atoms with Crippen LogP contribution < -0.4 is 4.74 Å². The molecule has 130 valence electrons. The molecule has 0 radical (unpaired) electrons. The maximum Gasteiger partial charge on any atom is 0.119 e. The Morgan fingerprint density at radius 3 is 2.83 bits per heavy atom. The predicted molar refractivity (Wildman–Crippen MR) is 97.7 cm³/mol. The lowest BCUT2D eigenvalue weighted by Gasteiger charge is -2.59. The van der Waals surface area contributed by atoms with Crippen LogP contribution in [0.1, 0.15) is 63.0 Å². The van der Waals surface area contributed by atoms with E-state index in [-0.39, 0.29) is 0 Å². The van der Waals surface area contributed by atoms with Gasteiger partial charge in [0.05, 0.1) is 7.11 Å². The molecule has 4 aliphatic rings. The smallest absolute Gasteiger partial charge is 0.119 e. The number of hydrogen-bond donors (Lipinski definition) is 0. The molecule has 0 N–H and O–H groups in total. The zero-order chi connectivity index (χ0) is 16.4. The Morgan fingerprint density at radius 2 is 2.04 bits per heavy atom. The van der Waals surface area contributed by atoms with Crippen LogP contribution in [0.4, 0.5) is 0 Å². The molecule has 1 heterocycles. The Kier molecular flexibility index (Phi) is 3.33. The van der Waals surface area contributed by atoms with Crippen LogP contribution in [-0.4, -0.2) is 31.1 Å². The van der Waals surface area contributed by atoms with Crippen LogP contribution >= 0.6 is 0 Å². The fourth-order valence-corrected chi connectivity index (χ4v) is 6.25. The molecule has 2 heteroatoms. The van der Waals surface area contributed by atoms with Crippen molar-refractivity contribution in [3.8, 4) is 5.75 Å². The minimum absolute atomic E-state index is 0.450. The first kappa shape index (κ1) is 15.3. The Hall–Kier alpha value is -1.02. The van der Waals surface area contributed by atoms with Crippen LogP contribution in [0.5, 0.6) is 5.75 Å². The van der Waals surface area contributed by atoms with E-state index in [2.05, 4.69) is 30.0 Å². The largest absolute Gasteiger partial charge is 0.497 e. The summed E-state index contributed by atoms with van der Waals surface area (Å²) in [6.45, 7) is 5.15. The molecule has 1 aromatic rings. The number of fused-ring (bicyclic) bond motifs is 1. The number of methoxy groups -OCH3 is 1. The van der Waals surface area contributed by atoms with E-state index in [0.29, 0.717) is 10.8 Å². The van der Waals surface area contributed by atoms with Gasteiger partial charge in [-0.25, -0.2) is 0 Å². The number of benzene rings is 1. The summed E-state index contributed by atoms with van der Waals surface area (Å²) in [5.41, 5.74) is 4.35. The van der Waals surface area contributed by atoms with Gasteiger partial charge in [0, 0.05) is 18.0 Å². The summed E-state index contributed by atoms with van der Waals surface area (Å²) < 4.78 is 5.58. The van der Waals surface area contributed by atoms with E-state index in [1.807, 2.05) is 7.11 Å². The molecule has 1 aromatic carbocycles. The van der Waals surface area contributed by atoms with Gasteiger partial charge >= 0.3 is 0 Å². The monoisotopic (exact) mass is 325 g/mol. The molecule has 2 bridgehead atoms. The zero-order valence-electron chi connectivity index (χ0n) is 15.3. The van der Waals surface area contributed by atoms with Gasteiger partial charge in [-0.3, -0.25) is 4.90 Å². The van der Waals surface area contributed by atoms with Crippen molar-refractivity contribution in [2.24, 2.45) is 11.3 Å². The molecule has 3 atom stereocenters. The topological polar surface area (TPSA) is 12.5 Å².